The molecule has 1 rings (SSSR count). The number of rotatable bonds is 2. The zero-order chi connectivity index (χ0) is 13.4. The topological polar surface area (TPSA) is 70.1 Å². The third kappa shape index (κ3) is 2.43. The van der Waals surface area contributed by atoms with Gasteiger partial charge in [-0.2, -0.15) is 5.10 Å². The fraction of sp³-hybridized carbons (Fsp3) is 0.667. The Balaban J connectivity index is 3.48. The van der Waals surface area contributed by atoms with Gasteiger partial charge in [0.25, 0.3) is 0 Å². The number of anilines is 1. The molecule has 0 unspecified atom stereocenters. The molecule has 1 aromatic heterocycles. The molecule has 0 aliphatic heterocycles. The summed E-state index contributed by atoms with van der Waals surface area (Å²) in [4.78, 5) is 11.7. The lowest BCUT2D eigenvalue weighted by Gasteiger charge is -2.19. The van der Waals surface area contributed by atoms with Crippen molar-refractivity contribution in [1.29, 1.82) is 0 Å². The molecule has 96 valence electrons. The lowest BCUT2D eigenvalue weighted by atomic mass is 9.86. The fourth-order valence-corrected chi connectivity index (χ4v) is 1.82. The van der Waals surface area contributed by atoms with E-state index in [0.29, 0.717) is 11.5 Å². The van der Waals surface area contributed by atoms with Crippen LogP contribution in [0.4, 0.5) is 5.82 Å². The van der Waals surface area contributed by atoms with Crippen LogP contribution >= 0.6 is 0 Å². The summed E-state index contributed by atoms with van der Waals surface area (Å²) in [6, 6.07) is 0.106. The maximum absolute atomic E-state index is 11.7. The second kappa shape index (κ2) is 4.39. The Labute approximate surface area is 102 Å². The van der Waals surface area contributed by atoms with Crippen LogP contribution < -0.4 is 5.73 Å². The zero-order valence-electron chi connectivity index (χ0n) is 11.4. The normalized spacial score (nSPS) is 11.9. The van der Waals surface area contributed by atoms with Crippen LogP contribution in [0.25, 0.3) is 0 Å². The van der Waals surface area contributed by atoms with E-state index in [-0.39, 0.29) is 11.5 Å². The van der Waals surface area contributed by atoms with Crippen molar-refractivity contribution >= 4 is 11.8 Å². The van der Waals surface area contributed by atoms with Crippen molar-refractivity contribution in [2.75, 3.05) is 12.8 Å². The number of hydrogen-bond acceptors (Lipinski definition) is 4. The van der Waals surface area contributed by atoms with E-state index < -0.39 is 5.97 Å². The summed E-state index contributed by atoms with van der Waals surface area (Å²) in [7, 11) is 1.35. The van der Waals surface area contributed by atoms with Crippen molar-refractivity contribution in [3.8, 4) is 0 Å². The second-order valence-corrected chi connectivity index (χ2v) is 5.39. The van der Waals surface area contributed by atoms with Gasteiger partial charge in [0, 0.05) is 11.6 Å². The van der Waals surface area contributed by atoms with Gasteiger partial charge in [0.1, 0.15) is 5.82 Å². The molecule has 0 bridgehead atoms. The molecule has 17 heavy (non-hydrogen) atoms. The summed E-state index contributed by atoms with van der Waals surface area (Å²) < 4.78 is 6.41. The maximum atomic E-state index is 11.7. The van der Waals surface area contributed by atoms with Gasteiger partial charge in [-0.1, -0.05) is 20.8 Å². The standard InChI is InChI=1S/C12H21N3O2/c1-7(2)15-10(13)8(12(3,4)5)9(14-15)11(16)17-6/h7H,13H2,1-6H3. The molecule has 5 nitrogen and oxygen atoms in total. The molecule has 0 spiro atoms. The van der Waals surface area contributed by atoms with E-state index in [9.17, 15) is 4.79 Å². The van der Waals surface area contributed by atoms with Gasteiger partial charge in [0.15, 0.2) is 5.69 Å². The molecule has 1 heterocycles. The molecule has 0 fully saturated rings. The number of nitrogen functional groups attached to an aromatic ring is 1. The van der Waals surface area contributed by atoms with Crippen LogP contribution in [-0.4, -0.2) is 22.9 Å². The van der Waals surface area contributed by atoms with Crippen molar-refractivity contribution in [3.05, 3.63) is 11.3 Å². The molecule has 0 atom stereocenters. The van der Waals surface area contributed by atoms with Crippen LogP contribution in [0, 0.1) is 0 Å². The molecule has 0 amide bonds. The summed E-state index contributed by atoms with van der Waals surface area (Å²) >= 11 is 0. The molecule has 0 radical (unpaired) electrons. The van der Waals surface area contributed by atoms with Crippen LogP contribution in [0.3, 0.4) is 0 Å². The highest BCUT2D eigenvalue weighted by Gasteiger charge is 2.30. The Morgan fingerprint density at radius 3 is 2.29 bits per heavy atom. The van der Waals surface area contributed by atoms with E-state index in [1.165, 1.54) is 7.11 Å². The summed E-state index contributed by atoms with van der Waals surface area (Å²) in [6.45, 7) is 9.93. The molecule has 5 heteroatoms. The van der Waals surface area contributed by atoms with Gasteiger partial charge in [0.05, 0.1) is 7.11 Å². The largest absolute Gasteiger partial charge is 0.464 e. The van der Waals surface area contributed by atoms with Crippen molar-refractivity contribution in [2.24, 2.45) is 0 Å². The first-order valence-corrected chi connectivity index (χ1v) is 5.67. The minimum atomic E-state index is -0.443. The number of carbonyl (C=O) groups excluding carboxylic acids is 1. The number of hydrogen-bond donors (Lipinski definition) is 1. The smallest absolute Gasteiger partial charge is 0.358 e. The molecule has 0 saturated carbocycles. The predicted octanol–water partition coefficient (Wildman–Crippen LogP) is 2.13. The van der Waals surface area contributed by atoms with Crippen molar-refractivity contribution in [1.82, 2.24) is 9.78 Å². The molecule has 1 aromatic rings. The van der Waals surface area contributed by atoms with E-state index in [0.717, 1.165) is 5.56 Å². The lowest BCUT2D eigenvalue weighted by molar-refractivity contribution is 0.0590. The number of esters is 1. The molecule has 0 saturated heterocycles. The maximum Gasteiger partial charge on any atom is 0.358 e. The van der Waals surface area contributed by atoms with Crippen LogP contribution in [0.5, 0.6) is 0 Å². The SMILES string of the molecule is COC(=O)c1nn(C(C)C)c(N)c1C(C)(C)C. The highest BCUT2D eigenvalue weighted by Crippen LogP contribution is 2.32. The predicted molar refractivity (Wildman–Crippen MR) is 67.1 cm³/mol. The minimum absolute atomic E-state index is 0.106. The van der Waals surface area contributed by atoms with Crippen molar-refractivity contribution in [2.45, 2.75) is 46.1 Å². The Bertz CT molecular complexity index is 428. The third-order valence-corrected chi connectivity index (χ3v) is 2.57. The lowest BCUT2D eigenvalue weighted by Crippen LogP contribution is -2.18. The number of carbonyl (C=O) groups is 1. The molecular formula is C12H21N3O2. The number of methoxy groups -OCH3 is 1. The van der Waals surface area contributed by atoms with Gasteiger partial charge in [-0.05, 0) is 19.3 Å². The van der Waals surface area contributed by atoms with Gasteiger partial charge in [-0.3, -0.25) is 0 Å². The highest BCUT2D eigenvalue weighted by atomic mass is 16.5. The van der Waals surface area contributed by atoms with E-state index in [1.54, 1.807) is 4.68 Å². The third-order valence-electron chi connectivity index (χ3n) is 2.57. The first-order valence-electron chi connectivity index (χ1n) is 5.67. The van der Waals surface area contributed by atoms with Crippen LogP contribution in [0.15, 0.2) is 0 Å². The van der Waals surface area contributed by atoms with Crippen LogP contribution in [0.1, 0.15) is 56.7 Å². The van der Waals surface area contributed by atoms with E-state index in [4.69, 9.17) is 10.5 Å². The van der Waals surface area contributed by atoms with Crippen molar-refractivity contribution < 1.29 is 9.53 Å². The first-order chi connectivity index (χ1) is 7.70. The summed E-state index contributed by atoms with van der Waals surface area (Å²) in [5.41, 5.74) is 6.89. The first kappa shape index (κ1) is 13.5. The number of ether oxygens (including phenoxy) is 1. The van der Waals surface area contributed by atoms with Crippen LogP contribution in [-0.2, 0) is 10.2 Å². The van der Waals surface area contributed by atoms with E-state index in [1.807, 2.05) is 34.6 Å². The monoisotopic (exact) mass is 239 g/mol. The minimum Gasteiger partial charge on any atom is -0.464 e. The van der Waals surface area contributed by atoms with Crippen LogP contribution in [0.2, 0.25) is 0 Å². The van der Waals surface area contributed by atoms with Gasteiger partial charge in [-0.25, -0.2) is 9.48 Å². The Hall–Kier alpha value is -1.52. The van der Waals surface area contributed by atoms with Gasteiger partial charge < -0.3 is 10.5 Å². The van der Waals surface area contributed by atoms with E-state index >= 15 is 0 Å². The number of aromatic nitrogens is 2. The average molecular weight is 239 g/mol. The second-order valence-electron chi connectivity index (χ2n) is 5.39. The number of nitrogens with two attached hydrogens (primary N) is 1. The Morgan fingerprint density at radius 1 is 1.41 bits per heavy atom. The molecule has 0 aliphatic carbocycles. The quantitative estimate of drug-likeness (QED) is 0.803. The summed E-state index contributed by atoms with van der Waals surface area (Å²) in [6.07, 6.45) is 0. The molecule has 0 aliphatic rings. The van der Waals surface area contributed by atoms with Gasteiger partial charge in [0.2, 0.25) is 0 Å². The average Bonchev–Trinajstić information content (AvgIpc) is 2.54. The number of nitrogens with zero attached hydrogens (tertiary/aromatic N) is 2. The Kier molecular flexibility index (Phi) is 3.50. The van der Waals surface area contributed by atoms with Crippen molar-refractivity contribution in [3.63, 3.8) is 0 Å². The van der Waals surface area contributed by atoms with Gasteiger partial charge >= 0.3 is 5.97 Å². The molecule has 0 aromatic carbocycles. The Morgan fingerprint density at radius 2 is 1.94 bits per heavy atom. The fourth-order valence-electron chi connectivity index (χ4n) is 1.82. The summed E-state index contributed by atoms with van der Waals surface area (Å²) in [5, 5.41) is 4.26. The van der Waals surface area contributed by atoms with Gasteiger partial charge in [-0.15, -0.1) is 0 Å². The zero-order valence-corrected chi connectivity index (χ0v) is 11.4. The molecule has 2 N–H and O–H groups in total. The highest BCUT2D eigenvalue weighted by molar-refractivity contribution is 5.90. The molecular weight excluding hydrogens is 218 g/mol. The van der Waals surface area contributed by atoms with E-state index in [2.05, 4.69) is 5.10 Å². The summed E-state index contributed by atoms with van der Waals surface area (Å²) in [5.74, 6) is 0.0916.